The summed E-state index contributed by atoms with van der Waals surface area (Å²) in [4.78, 5) is 0. The fourth-order valence-electron chi connectivity index (χ4n) is 1.11. The highest BCUT2D eigenvalue weighted by Gasteiger charge is 2.22. The van der Waals surface area contributed by atoms with Gasteiger partial charge in [0.15, 0.2) is 0 Å². The maximum absolute atomic E-state index is 5.89. The van der Waals surface area contributed by atoms with Gasteiger partial charge in [-0.25, -0.2) is 0 Å². The monoisotopic (exact) mass is 290 g/mol. The Balaban J connectivity index is 3.01. The fourth-order valence-corrected chi connectivity index (χ4v) is 3.40. The lowest BCUT2D eigenvalue weighted by Gasteiger charge is -2.06. The van der Waals surface area contributed by atoms with Gasteiger partial charge >= 0.3 is 5.31 Å². The summed E-state index contributed by atoms with van der Waals surface area (Å²) in [5.41, 5.74) is 0. The lowest BCUT2D eigenvalue weighted by Crippen LogP contribution is -2.06. The van der Waals surface area contributed by atoms with Crippen molar-refractivity contribution in [2.45, 2.75) is 51.5 Å². The maximum Gasteiger partial charge on any atom is 0.317 e. The number of unbranched alkanes of at least 4 members (excludes halogenated alkanes) is 5. The molecule has 0 bridgehead atoms. The van der Waals surface area contributed by atoms with Crippen LogP contribution in [0.5, 0.6) is 0 Å². The molecule has 0 aliphatic heterocycles. The summed E-state index contributed by atoms with van der Waals surface area (Å²) in [6.07, 6.45) is 7.81. The van der Waals surface area contributed by atoms with Crippen molar-refractivity contribution >= 4 is 42.8 Å². The standard InChI is InChI=1S/C8H17BrCl2Si/c1-2-3-4-5-6-7-8-12(9,10)11/h2-8H2,1H3. The van der Waals surface area contributed by atoms with Crippen LogP contribution in [0.25, 0.3) is 0 Å². The normalized spacial score (nSPS) is 12.0. The molecule has 12 heavy (non-hydrogen) atoms. The Kier molecular flexibility index (Phi) is 8.47. The predicted octanol–water partition coefficient (Wildman–Crippen LogP) is 5.16. The molecular weight excluding hydrogens is 275 g/mol. The van der Waals surface area contributed by atoms with Gasteiger partial charge in [0.2, 0.25) is 0 Å². The molecule has 0 radical (unpaired) electrons. The molecule has 0 N–H and O–H groups in total. The summed E-state index contributed by atoms with van der Waals surface area (Å²) >= 11 is 15.1. The van der Waals surface area contributed by atoms with E-state index >= 15 is 0 Å². The number of halogens is 3. The predicted molar refractivity (Wildman–Crippen MR) is 64.6 cm³/mol. The van der Waals surface area contributed by atoms with Crippen LogP contribution in [0.4, 0.5) is 0 Å². The number of hydrogen-bond acceptors (Lipinski definition) is 0. The van der Waals surface area contributed by atoms with Gasteiger partial charge in [0.1, 0.15) is 0 Å². The first kappa shape index (κ1) is 13.3. The first-order valence-electron chi connectivity index (χ1n) is 4.63. The minimum absolute atomic E-state index is 0.974. The van der Waals surface area contributed by atoms with E-state index in [1.807, 2.05) is 0 Å². The molecule has 0 saturated carbocycles. The Morgan fingerprint density at radius 2 is 1.50 bits per heavy atom. The van der Waals surface area contributed by atoms with Crippen molar-refractivity contribution in [1.29, 1.82) is 0 Å². The Morgan fingerprint density at radius 3 is 2.00 bits per heavy atom. The van der Waals surface area contributed by atoms with Crippen LogP contribution in [-0.4, -0.2) is 5.31 Å². The molecule has 0 aliphatic carbocycles. The van der Waals surface area contributed by atoms with Crippen LogP contribution in [0.15, 0.2) is 0 Å². The lowest BCUT2D eigenvalue weighted by molar-refractivity contribution is 0.624. The van der Waals surface area contributed by atoms with Gasteiger partial charge in [-0.15, -0.1) is 22.2 Å². The van der Waals surface area contributed by atoms with Crippen molar-refractivity contribution in [3.05, 3.63) is 0 Å². The molecule has 74 valence electrons. The second kappa shape index (κ2) is 7.66. The molecule has 0 heterocycles. The highest BCUT2D eigenvalue weighted by Crippen LogP contribution is 2.29. The molecule has 0 amide bonds. The second-order valence-electron chi connectivity index (χ2n) is 3.13. The quantitative estimate of drug-likeness (QED) is 0.345. The van der Waals surface area contributed by atoms with Gasteiger partial charge in [-0.05, 0) is 6.04 Å². The Bertz CT molecular complexity index is 104. The van der Waals surface area contributed by atoms with Crippen molar-refractivity contribution in [3.8, 4) is 0 Å². The summed E-state index contributed by atoms with van der Waals surface area (Å²) in [6.45, 7) is 2.23. The van der Waals surface area contributed by atoms with Crippen LogP contribution in [0.3, 0.4) is 0 Å². The van der Waals surface area contributed by atoms with E-state index in [2.05, 4.69) is 22.2 Å². The average molecular weight is 292 g/mol. The van der Waals surface area contributed by atoms with E-state index in [0.717, 1.165) is 6.04 Å². The summed E-state index contributed by atoms with van der Waals surface area (Å²) in [6, 6.07) is 0.974. The van der Waals surface area contributed by atoms with Gasteiger partial charge in [-0.1, -0.05) is 60.7 Å². The van der Waals surface area contributed by atoms with Gasteiger partial charge in [-0.2, -0.15) is 0 Å². The van der Waals surface area contributed by atoms with Crippen molar-refractivity contribution < 1.29 is 0 Å². The van der Waals surface area contributed by atoms with Crippen molar-refractivity contribution in [1.82, 2.24) is 0 Å². The van der Waals surface area contributed by atoms with Crippen molar-refractivity contribution in [2.24, 2.45) is 0 Å². The maximum atomic E-state index is 5.89. The average Bonchev–Trinajstić information content (AvgIpc) is 1.94. The molecule has 0 aliphatic rings. The van der Waals surface area contributed by atoms with Crippen LogP contribution < -0.4 is 0 Å². The zero-order valence-electron chi connectivity index (χ0n) is 7.58. The van der Waals surface area contributed by atoms with Gasteiger partial charge in [0.05, 0.1) is 0 Å². The zero-order chi connectivity index (χ0) is 9.45. The van der Waals surface area contributed by atoms with E-state index in [0.29, 0.717) is 0 Å². The number of hydrogen-bond donors (Lipinski definition) is 0. The summed E-state index contributed by atoms with van der Waals surface area (Å²) in [5.74, 6) is 0. The SMILES string of the molecule is CCCCCCCC[Si](Cl)(Cl)Br. The van der Waals surface area contributed by atoms with Crippen molar-refractivity contribution in [2.75, 3.05) is 0 Å². The fraction of sp³-hybridized carbons (Fsp3) is 1.00. The van der Waals surface area contributed by atoms with Crippen LogP contribution in [0.1, 0.15) is 45.4 Å². The molecule has 0 fully saturated rings. The highest BCUT2D eigenvalue weighted by atomic mass is 79.9. The van der Waals surface area contributed by atoms with E-state index in [1.54, 1.807) is 0 Å². The first-order chi connectivity index (χ1) is 5.56. The van der Waals surface area contributed by atoms with E-state index in [4.69, 9.17) is 22.2 Å². The van der Waals surface area contributed by atoms with Gasteiger partial charge in [-0.3, -0.25) is 0 Å². The summed E-state index contributed by atoms with van der Waals surface area (Å²) < 4.78 is 0. The van der Waals surface area contributed by atoms with Gasteiger partial charge in [0, 0.05) is 0 Å². The third kappa shape index (κ3) is 11.3. The molecule has 4 heteroatoms. The smallest absolute Gasteiger partial charge is 0.131 e. The Labute approximate surface area is 94.0 Å². The molecule has 0 nitrogen and oxygen atoms in total. The Morgan fingerprint density at radius 1 is 1.00 bits per heavy atom. The van der Waals surface area contributed by atoms with Crippen LogP contribution in [-0.2, 0) is 0 Å². The van der Waals surface area contributed by atoms with Crippen LogP contribution in [0, 0.1) is 0 Å². The molecule has 0 rings (SSSR count). The minimum Gasteiger partial charge on any atom is -0.131 e. The highest BCUT2D eigenvalue weighted by molar-refractivity contribution is 9.29. The molecule has 0 atom stereocenters. The van der Waals surface area contributed by atoms with E-state index in [1.165, 1.54) is 38.5 Å². The topological polar surface area (TPSA) is 0 Å². The second-order valence-corrected chi connectivity index (χ2v) is 16.1. The van der Waals surface area contributed by atoms with Crippen LogP contribution in [0.2, 0.25) is 6.04 Å². The summed E-state index contributed by atoms with van der Waals surface area (Å²) in [5, 5.41) is -1.97. The zero-order valence-corrected chi connectivity index (χ0v) is 11.7. The third-order valence-corrected chi connectivity index (χ3v) is 5.06. The van der Waals surface area contributed by atoms with Gasteiger partial charge in [0.25, 0.3) is 0 Å². The molecule has 0 unspecified atom stereocenters. The number of rotatable bonds is 7. The molecule has 0 spiro atoms. The van der Waals surface area contributed by atoms with E-state index in [9.17, 15) is 0 Å². The van der Waals surface area contributed by atoms with Crippen LogP contribution >= 0.6 is 37.5 Å². The molecule has 0 aromatic heterocycles. The molecule has 0 saturated heterocycles. The molecule has 0 aromatic rings. The van der Waals surface area contributed by atoms with Gasteiger partial charge < -0.3 is 0 Å². The van der Waals surface area contributed by atoms with E-state index in [-0.39, 0.29) is 0 Å². The molecule has 0 aromatic carbocycles. The summed E-state index contributed by atoms with van der Waals surface area (Å²) in [7, 11) is 0. The third-order valence-electron chi connectivity index (χ3n) is 1.81. The molecular formula is C8H17BrCl2Si. The lowest BCUT2D eigenvalue weighted by atomic mass is 10.1. The van der Waals surface area contributed by atoms with Crippen molar-refractivity contribution in [3.63, 3.8) is 0 Å². The first-order valence-corrected chi connectivity index (χ1v) is 11.1. The Hall–Kier alpha value is 1.28. The minimum atomic E-state index is -1.97. The van der Waals surface area contributed by atoms with E-state index < -0.39 is 5.31 Å². The largest absolute Gasteiger partial charge is 0.317 e.